The van der Waals surface area contributed by atoms with E-state index in [0.29, 0.717) is 6.04 Å². The number of rotatable bonds is 5. The number of nitrogens with one attached hydrogen (secondary N) is 1. The number of fused-ring (bicyclic) bond motifs is 1. The maximum atomic E-state index is 12.4. The van der Waals surface area contributed by atoms with E-state index in [4.69, 9.17) is 4.74 Å². The highest BCUT2D eigenvalue weighted by Crippen LogP contribution is 2.22. The molecule has 0 spiro atoms. The molecule has 1 aromatic rings. The fourth-order valence-corrected chi connectivity index (χ4v) is 4.23. The van der Waals surface area contributed by atoms with Crippen LogP contribution in [0.3, 0.4) is 0 Å². The molecule has 1 aromatic carbocycles. The Labute approximate surface area is 150 Å². The van der Waals surface area contributed by atoms with Gasteiger partial charge in [0.1, 0.15) is 6.61 Å². The van der Waals surface area contributed by atoms with Gasteiger partial charge in [-0.05, 0) is 38.2 Å². The summed E-state index contributed by atoms with van der Waals surface area (Å²) >= 11 is 0. The Kier molecular flexibility index (Phi) is 5.51. The van der Waals surface area contributed by atoms with E-state index >= 15 is 0 Å². The number of quaternary nitrogens is 1. The Hall–Kier alpha value is -2.48. The lowest BCUT2D eigenvalue weighted by Gasteiger charge is -2.41. The fraction of sp³-hybridized carbons (Fsp3) is 0.556. The maximum Gasteiger partial charge on any atom is 0.338 e. The Morgan fingerprint density at radius 3 is 2.65 bits per heavy atom. The molecular weight excluding hydrogens is 340 g/mol. The van der Waals surface area contributed by atoms with Gasteiger partial charge in [-0.15, -0.1) is 0 Å². The van der Waals surface area contributed by atoms with E-state index in [-0.39, 0.29) is 18.1 Å². The smallest absolute Gasteiger partial charge is 0.338 e. The molecule has 2 aliphatic heterocycles. The van der Waals surface area contributed by atoms with Gasteiger partial charge in [-0.3, -0.25) is 10.1 Å². The van der Waals surface area contributed by atoms with Crippen LogP contribution in [-0.2, 0) is 4.74 Å². The number of hydrogen-bond donors (Lipinski definition) is 1. The van der Waals surface area contributed by atoms with Gasteiger partial charge >= 0.3 is 5.97 Å². The van der Waals surface area contributed by atoms with Gasteiger partial charge in [-0.2, -0.15) is 0 Å². The first-order chi connectivity index (χ1) is 12.5. The molecule has 140 valence electrons. The Balaban J connectivity index is 1.70. The molecule has 1 N–H and O–H groups in total. The molecule has 2 fully saturated rings. The van der Waals surface area contributed by atoms with Crippen LogP contribution in [0.4, 0.5) is 5.69 Å². The number of piperidine rings is 2. The van der Waals surface area contributed by atoms with Gasteiger partial charge in [-0.1, -0.05) is 0 Å². The second-order valence-electron chi connectivity index (χ2n) is 7.04. The predicted molar refractivity (Wildman–Crippen MR) is 88.8 cm³/mol. The summed E-state index contributed by atoms with van der Waals surface area (Å²) in [4.78, 5) is 35.3. The number of esters is 1. The van der Waals surface area contributed by atoms with E-state index in [2.05, 4.69) is 0 Å². The minimum Gasteiger partial charge on any atom is -0.545 e. The molecule has 8 nitrogen and oxygen atoms in total. The van der Waals surface area contributed by atoms with Crippen molar-refractivity contribution in [3.63, 3.8) is 0 Å². The van der Waals surface area contributed by atoms with E-state index in [0.717, 1.165) is 50.6 Å². The van der Waals surface area contributed by atoms with Crippen LogP contribution in [0, 0.1) is 16.0 Å². The van der Waals surface area contributed by atoms with Gasteiger partial charge in [0.2, 0.25) is 0 Å². The minimum atomic E-state index is -1.64. The van der Waals surface area contributed by atoms with E-state index in [1.165, 1.54) is 12.8 Å². The zero-order valence-corrected chi connectivity index (χ0v) is 14.4. The first kappa shape index (κ1) is 18.3. The zero-order valence-electron chi connectivity index (χ0n) is 14.4. The molecule has 3 rings (SSSR count). The third-order valence-electron chi connectivity index (χ3n) is 5.51. The van der Waals surface area contributed by atoms with Crippen LogP contribution < -0.4 is 10.0 Å². The molecule has 3 atom stereocenters. The average Bonchev–Trinajstić information content (AvgIpc) is 2.65. The van der Waals surface area contributed by atoms with Crippen LogP contribution in [0.1, 0.15) is 52.8 Å². The summed E-state index contributed by atoms with van der Waals surface area (Å²) in [5, 5.41) is 22.0. The van der Waals surface area contributed by atoms with E-state index in [9.17, 15) is 24.8 Å². The molecule has 0 aromatic heterocycles. The monoisotopic (exact) mass is 362 g/mol. The molecule has 26 heavy (non-hydrogen) atoms. The highest BCUT2D eigenvalue weighted by molar-refractivity contribution is 6.02. The lowest BCUT2D eigenvalue weighted by molar-refractivity contribution is -0.940. The van der Waals surface area contributed by atoms with Crippen LogP contribution in [0.2, 0.25) is 0 Å². The van der Waals surface area contributed by atoms with E-state index in [1.807, 2.05) is 0 Å². The number of non-ortho nitro benzene ring substituents is 1. The first-order valence-corrected chi connectivity index (χ1v) is 8.99. The van der Waals surface area contributed by atoms with Crippen LogP contribution in [0.5, 0.6) is 0 Å². The number of carbonyl (C=O) groups is 2. The van der Waals surface area contributed by atoms with E-state index in [1.54, 1.807) is 4.90 Å². The summed E-state index contributed by atoms with van der Waals surface area (Å²) in [6.07, 6.45) is 5.64. The largest absolute Gasteiger partial charge is 0.545 e. The van der Waals surface area contributed by atoms with Crippen molar-refractivity contribution >= 4 is 17.6 Å². The third kappa shape index (κ3) is 3.85. The SMILES string of the molecule is O=C([O-])c1cc([N+](=O)[O-])ccc1C(=O)OC[C@@H]1CCC[NH+]2CCCC[C@@H]12. The van der Waals surface area contributed by atoms with Crippen molar-refractivity contribution in [2.24, 2.45) is 5.92 Å². The molecule has 1 unspecified atom stereocenters. The summed E-state index contributed by atoms with van der Waals surface area (Å²) in [5.41, 5.74) is -1.13. The Morgan fingerprint density at radius 1 is 1.15 bits per heavy atom. The normalized spacial score (nSPS) is 25.2. The van der Waals surface area contributed by atoms with Gasteiger partial charge in [-0.25, -0.2) is 4.79 Å². The maximum absolute atomic E-state index is 12.4. The lowest BCUT2D eigenvalue weighted by Crippen LogP contribution is -3.18. The number of carboxylic acid groups (broad SMARTS) is 1. The Bertz CT molecular complexity index is 718. The summed E-state index contributed by atoms with van der Waals surface area (Å²) in [5.74, 6) is -2.14. The van der Waals surface area contributed by atoms with Gasteiger partial charge in [0.05, 0.1) is 35.6 Å². The lowest BCUT2D eigenvalue weighted by atomic mass is 9.84. The summed E-state index contributed by atoms with van der Waals surface area (Å²) in [7, 11) is 0. The number of aromatic carboxylic acids is 1. The van der Waals surface area contributed by atoms with Crippen LogP contribution in [-0.4, -0.2) is 42.6 Å². The van der Waals surface area contributed by atoms with Crippen molar-refractivity contribution < 1.29 is 29.3 Å². The number of nitrogens with zero attached hydrogens (tertiary/aromatic N) is 1. The van der Waals surface area contributed by atoms with Crippen LogP contribution >= 0.6 is 0 Å². The molecule has 2 saturated heterocycles. The number of ether oxygens (including phenoxy) is 1. The molecule has 2 aliphatic rings. The minimum absolute atomic E-state index is 0.209. The quantitative estimate of drug-likeness (QED) is 0.447. The molecule has 0 radical (unpaired) electrons. The molecule has 0 bridgehead atoms. The van der Waals surface area contributed by atoms with Crippen molar-refractivity contribution in [2.75, 3.05) is 19.7 Å². The molecular formula is C18H22N2O6. The highest BCUT2D eigenvalue weighted by atomic mass is 16.6. The molecule has 0 saturated carbocycles. The van der Waals surface area contributed by atoms with Crippen molar-refractivity contribution in [1.82, 2.24) is 0 Å². The number of carboxylic acids is 1. The standard InChI is InChI=1S/C18H22N2O6/c21-17(22)15-10-13(20(24)25)6-7-14(15)18(23)26-11-12-4-3-9-19-8-2-1-5-16(12)19/h6-7,10,12,16H,1-5,8-9,11H2,(H,21,22)/t12-,16-/m0/s1. The summed E-state index contributed by atoms with van der Waals surface area (Å²) in [6.45, 7) is 2.56. The Morgan fingerprint density at radius 2 is 1.92 bits per heavy atom. The molecule has 0 amide bonds. The molecule has 0 aliphatic carbocycles. The number of hydrogen-bond acceptors (Lipinski definition) is 6. The summed E-state index contributed by atoms with van der Waals surface area (Å²) in [6, 6.07) is 3.53. The topological polar surface area (TPSA) is 114 Å². The third-order valence-corrected chi connectivity index (χ3v) is 5.51. The number of nitro groups is 1. The van der Waals surface area contributed by atoms with Crippen LogP contribution in [0.25, 0.3) is 0 Å². The van der Waals surface area contributed by atoms with Gasteiger partial charge in [0.15, 0.2) is 0 Å². The van der Waals surface area contributed by atoms with Crippen LogP contribution in [0.15, 0.2) is 18.2 Å². The van der Waals surface area contributed by atoms with Gasteiger partial charge in [0.25, 0.3) is 5.69 Å². The van der Waals surface area contributed by atoms with Crippen molar-refractivity contribution in [1.29, 1.82) is 0 Å². The average molecular weight is 362 g/mol. The second kappa shape index (κ2) is 7.82. The summed E-state index contributed by atoms with van der Waals surface area (Å²) < 4.78 is 5.39. The van der Waals surface area contributed by atoms with Crippen molar-refractivity contribution in [2.45, 2.75) is 38.1 Å². The molecule has 8 heteroatoms. The van der Waals surface area contributed by atoms with Gasteiger partial charge < -0.3 is 19.5 Å². The van der Waals surface area contributed by atoms with Crippen molar-refractivity contribution in [3.05, 3.63) is 39.4 Å². The highest BCUT2D eigenvalue weighted by Gasteiger charge is 2.37. The van der Waals surface area contributed by atoms with Gasteiger partial charge in [0, 0.05) is 23.6 Å². The van der Waals surface area contributed by atoms with E-state index < -0.39 is 28.1 Å². The zero-order chi connectivity index (χ0) is 18.7. The predicted octanol–water partition coefficient (Wildman–Crippen LogP) is -0.0375. The fourth-order valence-electron chi connectivity index (χ4n) is 4.23. The first-order valence-electron chi connectivity index (χ1n) is 8.99. The number of nitro benzene ring substituents is 1. The second-order valence-corrected chi connectivity index (χ2v) is 7.04. The van der Waals surface area contributed by atoms with Crippen molar-refractivity contribution in [3.8, 4) is 0 Å². The number of benzene rings is 1. The molecule has 2 heterocycles. The number of carbonyl (C=O) groups excluding carboxylic acids is 2.